The van der Waals surface area contributed by atoms with E-state index in [0.717, 1.165) is 27.8 Å². The molecule has 0 aliphatic carbocycles. The lowest BCUT2D eigenvalue weighted by Gasteiger charge is -2.44. The number of amides is 5. The molecule has 382 valence electrons. The Bertz CT molecular complexity index is 2910. The first kappa shape index (κ1) is 52.8. The molecule has 5 amide bonds. The van der Waals surface area contributed by atoms with Crippen molar-refractivity contribution in [2.45, 2.75) is 91.0 Å². The maximum atomic E-state index is 16.0. The number of aromatic amines is 1. The number of likely N-dealkylation sites (N-methyl/N-ethyl adjacent to an activating group) is 1. The number of likely N-dealkylation sites (tertiary alicyclic amines) is 1. The number of aliphatic hydroxyl groups excluding tert-OH is 1. The van der Waals surface area contributed by atoms with Crippen molar-refractivity contribution < 1.29 is 46.6 Å². The minimum absolute atomic E-state index is 0.0138. The van der Waals surface area contributed by atoms with E-state index in [0.29, 0.717) is 31.0 Å². The number of thiazole rings is 1. The molecule has 1 unspecified atom stereocenters. The quantitative estimate of drug-likeness (QED) is 0.0764. The van der Waals surface area contributed by atoms with Crippen LogP contribution in [0, 0.1) is 18.2 Å². The molecule has 4 heterocycles. The first-order chi connectivity index (χ1) is 33.9. The highest BCUT2D eigenvalue weighted by atomic mass is 32.1. The monoisotopic (exact) mass is 1020 g/mol. The average molecular weight is 1020 g/mol. The third kappa shape index (κ3) is 12.0. The van der Waals surface area contributed by atoms with Gasteiger partial charge in [-0.2, -0.15) is 13.2 Å². The van der Waals surface area contributed by atoms with Crippen LogP contribution in [0.4, 0.5) is 28.9 Å². The number of nitrogens with one attached hydrogen (secondary N) is 5. The van der Waals surface area contributed by atoms with Gasteiger partial charge in [-0.25, -0.2) is 9.37 Å². The number of carbonyl (C=O) groups excluding carboxylic acids is 5. The smallest absolute Gasteiger partial charge is 0.391 e. The predicted molar refractivity (Wildman–Crippen MR) is 265 cm³/mol. The van der Waals surface area contributed by atoms with Gasteiger partial charge >= 0.3 is 6.18 Å². The average Bonchev–Trinajstić information content (AvgIpc) is 3.94. The van der Waals surface area contributed by atoms with Crippen molar-refractivity contribution in [3.8, 4) is 21.6 Å². The molecule has 5 aromatic rings. The van der Waals surface area contributed by atoms with Crippen LogP contribution in [-0.2, 0) is 27.1 Å². The minimum Gasteiger partial charge on any atom is -0.391 e. The molecular formula is C51H57F4N9O7S. The molecular weight excluding hydrogens is 959 g/mol. The maximum absolute atomic E-state index is 16.0. The van der Waals surface area contributed by atoms with Crippen molar-refractivity contribution in [2.75, 3.05) is 43.4 Å². The third-order valence-corrected chi connectivity index (χ3v) is 14.1. The summed E-state index contributed by atoms with van der Waals surface area (Å²) < 4.78 is 58.0. The molecule has 3 aromatic carbocycles. The van der Waals surface area contributed by atoms with Crippen LogP contribution >= 0.6 is 11.3 Å². The van der Waals surface area contributed by atoms with E-state index >= 15 is 4.39 Å². The van der Waals surface area contributed by atoms with Crippen molar-refractivity contribution in [2.24, 2.45) is 5.41 Å². The largest absolute Gasteiger partial charge is 0.417 e. The van der Waals surface area contributed by atoms with Crippen molar-refractivity contribution in [3.05, 3.63) is 123 Å². The van der Waals surface area contributed by atoms with E-state index in [2.05, 4.69) is 36.1 Å². The molecule has 2 aromatic heterocycles. The summed E-state index contributed by atoms with van der Waals surface area (Å²) in [7, 11) is 1.97. The molecule has 2 fully saturated rings. The zero-order valence-electron chi connectivity index (χ0n) is 40.7. The fraction of sp³-hybridized carbons (Fsp3) is 0.392. The van der Waals surface area contributed by atoms with E-state index in [1.165, 1.54) is 34.4 Å². The number of pyridine rings is 1. The molecule has 5 atom stereocenters. The Kier molecular flexibility index (Phi) is 15.7. The van der Waals surface area contributed by atoms with Gasteiger partial charge in [0.15, 0.2) is 0 Å². The number of aromatic nitrogens is 2. The van der Waals surface area contributed by atoms with Gasteiger partial charge in [0.05, 0.1) is 51.2 Å². The standard InChI is InChI=1S/C51H57F4N9O7S/c1-27-23-63(24-28(2)62(27)7)40-15-13-32(17-39(40)60-47(69)36-21-56-42(66)19-37(36)51(53,54)55)35-14-12-33(16-38(35)52)46(68)58-22-43(67)61-45(50(4,5)6)49(71)64-25-34(65)18-41(64)48(70)57-20-30-8-10-31(11-9-30)44-29(3)59-26-72-44/h8-17,19,21,26-28,34,41,45,65H,18,20,22-25H2,1-7H3,(H,56,66)(H,57,70)(H,58,68)(H,60,69)(H,61,67)/t27-,28+,34-,41+,45?/m1/s1. The summed E-state index contributed by atoms with van der Waals surface area (Å²) in [6, 6.07) is 14.0. The minimum atomic E-state index is -5.02. The Morgan fingerprint density at radius 1 is 0.903 bits per heavy atom. The van der Waals surface area contributed by atoms with Gasteiger partial charge in [-0.05, 0) is 74.2 Å². The number of aryl methyl sites for hydroxylation is 1. The second-order valence-electron chi connectivity index (χ2n) is 19.4. The zero-order chi connectivity index (χ0) is 52.4. The van der Waals surface area contributed by atoms with Crippen LogP contribution in [0.5, 0.6) is 0 Å². The Labute approximate surface area is 417 Å². The van der Waals surface area contributed by atoms with Crippen molar-refractivity contribution in [3.63, 3.8) is 0 Å². The van der Waals surface area contributed by atoms with Gasteiger partial charge in [-0.3, -0.25) is 33.7 Å². The topological polar surface area (TPSA) is 209 Å². The van der Waals surface area contributed by atoms with E-state index in [1.807, 2.05) is 57.0 Å². The number of nitrogens with zero attached hydrogens (tertiary/aromatic N) is 4. The Morgan fingerprint density at radius 3 is 2.21 bits per heavy atom. The molecule has 6 N–H and O–H groups in total. The molecule has 0 bridgehead atoms. The normalized spacial score (nSPS) is 18.9. The lowest BCUT2D eigenvalue weighted by molar-refractivity contribution is -0.143. The predicted octanol–water partition coefficient (Wildman–Crippen LogP) is 5.95. The van der Waals surface area contributed by atoms with Crippen molar-refractivity contribution in [1.82, 2.24) is 35.7 Å². The summed E-state index contributed by atoms with van der Waals surface area (Å²) in [6.45, 7) is 11.5. The second-order valence-corrected chi connectivity index (χ2v) is 20.3. The summed E-state index contributed by atoms with van der Waals surface area (Å²) >= 11 is 1.53. The fourth-order valence-electron chi connectivity index (χ4n) is 8.91. The van der Waals surface area contributed by atoms with Crippen LogP contribution in [0.3, 0.4) is 0 Å². The molecule has 2 aliphatic heterocycles. The first-order valence-corrected chi connectivity index (χ1v) is 24.1. The van der Waals surface area contributed by atoms with Gasteiger partial charge in [0, 0.05) is 68.1 Å². The van der Waals surface area contributed by atoms with Gasteiger partial charge in [-0.15, -0.1) is 11.3 Å². The van der Waals surface area contributed by atoms with E-state index in [-0.39, 0.29) is 54.0 Å². The van der Waals surface area contributed by atoms with Crippen molar-refractivity contribution in [1.29, 1.82) is 0 Å². The Morgan fingerprint density at radius 2 is 1.58 bits per heavy atom. The van der Waals surface area contributed by atoms with Gasteiger partial charge in [0.1, 0.15) is 17.9 Å². The number of β-amino-alcohol motifs (C(OH)–C–C–N with tert-alkyl or cyclic N) is 1. The molecule has 72 heavy (non-hydrogen) atoms. The summed E-state index contributed by atoms with van der Waals surface area (Å²) in [5, 5.41) is 21.2. The molecule has 16 nitrogen and oxygen atoms in total. The summed E-state index contributed by atoms with van der Waals surface area (Å²) in [6.07, 6.45) is -5.34. The van der Waals surface area contributed by atoms with Gasteiger partial charge in [-0.1, -0.05) is 57.2 Å². The summed E-state index contributed by atoms with van der Waals surface area (Å²) in [4.78, 5) is 92.6. The number of aliphatic hydroxyl groups is 1. The Hall–Kier alpha value is -6.97. The molecule has 2 saturated heterocycles. The Balaban J connectivity index is 1.02. The van der Waals surface area contributed by atoms with Gasteiger partial charge in [0.2, 0.25) is 23.3 Å². The molecule has 0 spiro atoms. The van der Waals surface area contributed by atoms with Gasteiger partial charge < -0.3 is 41.2 Å². The molecule has 2 aliphatic rings. The van der Waals surface area contributed by atoms with E-state index in [4.69, 9.17) is 0 Å². The van der Waals surface area contributed by atoms with E-state index in [9.17, 15) is 47.0 Å². The van der Waals surface area contributed by atoms with E-state index in [1.54, 1.807) is 38.4 Å². The highest BCUT2D eigenvalue weighted by Gasteiger charge is 2.44. The second kappa shape index (κ2) is 21.4. The number of benzene rings is 3. The van der Waals surface area contributed by atoms with Crippen LogP contribution in [0.1, 0.15) is 78.6 Å². The maximum Gasteiger partial charge on any atom is 0.417 e. The van der Waals surface area contributed by atoms with E-state index < -0.39 is 88.4 Å². The molecule has 0 saturated carbocycles. The molecule has 0 radical (unpaired) electrons. The number of rotatable bonds is 13. The van der Waals surface area contributed by atoms with Crippen LogP contribution in [-0.4, -0.2) is 118 Å². The number of H-pyrrole nitrogens is 1. The number of halogens is 4. The molecule has 21 heteroatoms. The molecule has 7 rings (SSSR count). The summed E-state index contributed by atoms with van der Waals surface area (Å²) in [5.41, 5.74) is 0.862. The third-order valence-electron chi connectivity index (χ3n) is 13.1. The zero-order valence-corrected chi connectivity index (χ0v) is 41.6. The number of hydrogen-bond acceptors (Lipinski definition) is 11. The van der Waals surface area contributed by atoms with Gasteiger partial charge in [0.25, 0.3) is 11.8 Å². The highest BCUT2D eigenvalue weighted by molar-refractivity contribution is 7.13. The number of anilines is 2. The SMILES string of the molecule is Cc1ncsc1-c1ccc(CNC(=O)[C@@H]2C[C@@H](O)CN2C(=O)C(NC(=O)CNC(=O)c2ccc(-c3ccc(N4C[C@@H](C)N(C)[C@@H](C)C4)c(NC(=O)c4c[nH]c(=O)cc4C(F)(F)F)c3)c(F)c2)C(C)(C)C)cc1. The lowest BCUT2D eigenvalue weighted by atomic mass is 9.85. The van der Waals surface area contributed by atoms with Crippen LogP contribution in [0.15, 0.2) is 83.2 Å². The summed E-state index contributed by atoms with van der Waals surface area (Å²) in [5.74, 6) is -4.70. The van der Waals surface area contributed by atoms with Crippen molar-refractivity contribution >= 4 is 52.2 Å². The fourth-order valence-corrected chi connectivity index (χ4v) is 9.72. The number of alkyl halides is 3. The number of carbonyl (C=O) groups is 5. The number of piperazine rings is 1. The lowest BCUT2D eigenvalue weighted by Crippen LogP contribution is -2.58. The van der Waals surface area contributed by atoms with Crippen LogP contribution in [0.25, 0.3) is 21.6 Å². The van der Waals surface area contributed by atoms with Crippen LogP contribution in [0.2, 0.25) is 0 Å². The van der Waals surface area contributed by atoms with Crippen LogP contribution < -0.4 is 31.7 Å². The highest BCUT2D eigenvalue weighted by Crippen LogP contribution is 2.37. The first-order valence-electron chi connectivity index (χ1n) is 23.2. The number of hydrogen-bond donors (Lipinski definition) is 6.